The van der Waals surface area contributed by atoms with E-state index in [1.807, 2.05) is 19.1 Å². The molecule has 3 aromatic rings. The molecule has 5 rings (SSSR count). The highest BCUT2D eigenvalue weighted by molar-refractivity contribution is 5.85. The van der Waals surface area contributed by atoms with Gasteiger partial charge in [-0.1, -0.05) is 0 Å². The first-order chi connectivity index (χ1) is 14.2. The number of anilines is 1. The van der Waals surface area contributed by atoms with E-state index >= 15 is 0 Å². The van der Waals surface area contributed by atoms with E-state index in [4.69, 9.17) is 14.5 Å². The lowest BCUT2D eigenvalue weighted by Gasteiger charge is -2.21. The van der Waals surface area contributed by atoms with Gasteiger partial charge in [0.1, 0.15) is 5.82 Å². The van der Waals surface area contributed by atoms with Crippen LogP contribution in [0.1, 0.15) is 29.8 Å². The van der Waals surface area contributed by atoms with E-state index < -0.39 is 0 Å². The number of aryl methyl sites for hydroxylation is 2. The maximum atomic E-state index is 5.55. The van der Waals surface area contributed by atoms with Crippen LogP contribution in [0.2, 0.25) is 0 Å². The van der Waals surface area contributed by atoms with Gasteiger partial charge in [-0.3, -0.25) is 4.68 Å². The second kappa shape index (κ2) is 7.55. The van der Waals surface area contributed by atoms with Gasteiger partial charge in [-0.2, -0.15) is 5.10 Å². The summed E-state index contributed by atoms with van der Waals surface area (Å²) in [6, 6.07) is 8.40. The predicted octanol–water partition coefficient (Wildman–Crippen LogP) is 3.17. The first-order valence-electron chi connectivity index (χ1n) is 10.4. The average molecular weight is 393 g/mol. The molecule has 2 aliphatic rings. The lowest BCUT2D eigenvalue weighted by Crippen LogP contribution is -2.25. The van der Waals surface area contributed by atoms with Gasteiger partial charge in [-0.05, 0) is 44.9 Å². The summed E-state index contributed by atoms with van der Waals surface area (Å²) < 4.78 is 13.1. The minimum absolute atomic E-state index is 0.283. The zero-order chi connectivity index (χ0) is 19.8. The molecule has 1 aromatic carbocycles. The van der Waals surface area contributed by atoms with Gasteiger partial charge in [-0.15, -0.1) is 0 Å². The first kappa shape index (κ1) is 18.2. The fourth-order valence-corrected chi connectivity index (χ4v) is 4.24. The fourth-order valence-electron chi connectivity index (χ4n) is 4.24. The molecule has 7 heteroatoms. The zero-order valence-corrected chi connectivity index (χ0v) is 17.1. The van der Waals surface area contributed by atoms with E-state index in [1.54, 1.807) is 0 Å². The summed E-state index contributed by atoms with van der Waals surface area (Å²) in [5.41, 5.74) is 4.45. The predicted molar refractivity (Wildman–Crippen MR) is 113 cm³/mol. The number of hydrogen-bond donors (Lipinski definition) is 1. The van der Waals surface area contributed by atoms with E-state index in [2.05, 4.69) is 39.1 Å². The highest BCUT2D eigenvalue weighted by Gasteiger charge is 2.20. The van der Waals surface area contributed by atoms with Crippen molar-refractivity contribution in [2.75, 3.05) is 31.3 Å². The molecule has 0 radical (unpaired) electrons. The maximum Gasteiger partial charge on any atom is 0.231 e. The molecule has 0 amide bonds. The van der Waals surface area contributed by atoms with Crippen LogP contribution in [0.4, 0.5) is 5.82 Å². The summed E-state index contributed by atoms with van der Waals surface area (Å²) in [6.45, 7) is 9.06. The molecule has 152 valence electrons. The molecule has 0 spiro atoms. The molecule has 1 N–H and O–H groups in total. The Morgan fingerprint density at radius 2 is 1.83 bits per heavy atom. The van der Waals surface area contributed by atoms with E-state index in [0.29, 0.717) is 0 Å². The van der Waals surface area contributed by atoms with Gasteiger partial charge in [0, 0.05) is 48.9 Å². The number of ether oxygens (including phenoxy) is 2. The van der Waals surface area contributed by atoms with Crippen molar-refractivity contribution in [3.05, 3.63) is 41.2 Å². The molecule has 0 atom stereocenters. The molecular formula is C22H27N5O2. The molecule has 29 heavy (non-hydrogen) atoms. The summed E-state index contributed by atoms with van der Waals surface area (Å²) in [7, 11) is 0. The van der Waals surface area contributed by atoms with Gasteiger partial charge in [0.05, 0.1) is 17.8 Å². The van der Waals surface area contributed by atoms with Crippen molar-refractivity contribution in [3.63, 3.8) is 0 Å². The smallest absolute Gasteiger partial charge is 0.231 e. The molecule has 0 unspecified atom stereocenters. The SMILES string of the molecule is Cc1cc(C)n(CCNCc2cc3cc4c(cc3nc2N2CCCC2)OCO4)n1. The number of nitrogens with one attached hydrogen (secondary N) is 1. The van der Waals surface area contributed by atoms with E-state index in [-0.39, 0.29) is 6.79 Å². The van der Waals surface area contributed by atoms with Gasteiger partial charge >= 0.3 is 0 Å². The van der Waals surface area contributed by atoms with Crippen LogP contribution in [0.15, 0.2) is 24.3 Å². The van der Waals surface area contributed by atoms with Crippen LogP contribution in [0.3, 0.4) is 0 Å². The standard InChI is InChI=1S/C22H27N5O2/c1-15-9-16(2)27(25-15)8-5-23-13-18-10-17-11-20-21(29-14-28-20)12-19(17)24-22(18)26-6-3-4-7-26/h9-12,23H,3-8,13-14H2,1-2H3. The highest BCUT2D eigenvalue weighted by Crippen LogP contribution is 2.37. The third kappa shape index (κ3) is 3.62. The van der Waals surface area contributed by atoms with Gasteiger partial charge < -0.3 is 19.7 Å². The quantitative estimate of drug-likeness (QED) is 0.649. The third-order valence-electron chi connectivity index (χ3n) is 5.69. The number of benzene rings is 1. The second-order valence-corrected chi connectivity index (χ2v) is 7.89. The summed E-state index contributed by atoms with van der Waals surface area (Å²) >= 11 is 0. The third-order valence-corrected chi connectivity index (χ3v) is 5.69. The maximum absolute atomic E-state index is 5.55. The second-order valence-electron chi connectivity index (χ2n) is 7.89. The highest BCUT2D eigenvalue weighted by atomic mass is 16.7. The minimum Gasteiger partial charge on any atom is -0.454 e. The largest absolute Gasteiger partial charge is 0.454 e. The van der Waals surface area contributed by atoms with Gasteiger partial charge in [0.2, 0.25) is 6.79 Å². The summed E-state index contributed by atoms with van der Waals surface area (Å²) in [5.74, 6) is 2.68. The monoisotopic (exact) mass is 393 g/mol. The summed E-state index contributed by atoms with van der Waals surface area (Å²) in [6.07, 6.45) is 2.46. The van der Waals surface area contributed by atoms with E-state index in [9.17, 15) is 0 Å². The van der Waals surface area contributed by atoms with Crippen molar-refractivity contribution >= 4 is 16.7 Å². The van der Waals surface area contributed by atoms with Crippen LogP contribution in [0.25, 0.3) is 10.9 Å². The van der Waals surface area contributed by atoms with Crippen LogP contribution in [0.5, 0.6) is 11.5 Å². The fraction of sp³-hybridized carbons (Fsp3) is 0.455. The Labute approximate surface area is 170 Å². The molecule has 0 saturated carbocycles. The number of nitrogens with zero attached hydrogens (tertiary/aromatic N) is 4. The van der Waals surface area contributed by atoms with E-state index in [1.165, 1.54) is 24.1 Å². The lowest BCUT2D eigenvalue weighted by atomic mass is 10.1. The molecule has 0 bridgehead atoms. The molecule has 4 heterocycles. The van der Waals surface area contributed by atoms with Gasteiger partial charge in [-0.25, -0.2) is 4.98 Å². The van der Waals surface area contributed by atoms with Crippen molar-refractivity contribution in [1.29, 1.82) is 0 Å². The van der Waals surface area contributed by atoms with Crippen LogP contribution < -0.4 is 19.7 Å². The molecule has 1 fully saturated rings. The Balaban J connectivity index is 1.37. The molecule has 1 saturated heterocycles. The van der Waals surface area contributed by atoms with Crippen molar-refractivity contribution in [1.82, 2.24) is 20.1 Å². The van der Waals surface area contributed by atoms with Crippen LogP contribution in [-0.4, -0.2) is 41.2 Å². The van der Waals surface area contributed by atoms with Crippen molar-refractivity contribution in [2.45, 2.75) is 39.8 Å². The van der Waals surface area contributed by atoms with E-state index in [0.717, 1.165) is 66.6 Å². The molecule has 0 aliphatic carbocycles. The van der Waals surface area contributed by atoms with Crippen LogP contribution in [-0.2, 0) is 13.1 Å². The zero-order valence-electron chi connectivity index (χ0n) is 17.1. The Hall–Kier alpha value is -2.80. The Bertz CT molecular complexity index is 1040. The topological polar surface area (TPSA) is 64.4 Å². The van der Waals surface area contributed by atoms with Crippen LogP contribution >= 0.6 is 0 Å². The number of fused-ring (bicyclic) bond motifs is 2. The van der Waals surface area contributed by atoms with Crippen molar-refractivity contribution < 1.29 is 9.47 Å². The average Bonchev–Trinajstić information content (AvgIpc) is 3.44. The summed E-state index contributed by atoms with van der Waals surface area (Å²) in [4.78, 5) is 7.43. The van der Waals surface area contributed by atoms with Crippen molar-refractivity contribution in [2.24, 2.45) is 0 Å². The van der Waals surface area contributed by atoms with Gasteiger partial charge in [0.15, 0.2) is 11.5 Å². The molecule has 7 nitrogen and oxygen atoms in total. The van der Waals surface area contributed by atoms with Gasteiger partial charge in [0.25, 0.3) is 0 Å². The first-order valence-corrected chi connectivity index (χ1v) is 10.4. The van der Waals surface area contributed by atoms with Crippen molar-refractivity contribution in [3.8, 4) is 11.5 Å². The molecule has 2 aliphatic heterocycles. The number of aromatic nitrogens is 3. The Morgan fingerprint density at radius 1 is 1.03 bits per heavy atom. The number of pyridine rings is 1. The van der Waals surface area contributed by atoms with Crippen LogP contribution in [0, 0.1) is 13.8 Å². The number of rotatable bonds is 6. The molecular weight excluding hydrogens is 366 g/mol. The lowest BCUT2D eigenvalue weighted by molar-refractivity contribution is 0.174. The normalized spacial score (nSPS) is 15.6. The minimum atomic E-state index is 0.283. The Morgan fingerprint density at radius 3 is 2.59 bits per heavy atom. The number of hydrogen-bond acceptors (Lipinski definition) is 6. The molecule has 2 aromatic heterocycles. The summed E-state index contributed by atoms with van der Waals surface area (Å²) in [5, 5.41) is 9.21. The Kier molecular flexibility index (Phi) is 4.75.